The second-order valence-electron chi connectivity index (χ2n) is 7.15. The third-order valence-electron chi connectivity index (χ3n) is 5.69. The van der Waals surface area contributed by atoms with E-state index in [-0.39, 0.29) is 5.56 Å². The first kappa shape index (κ1) is 17.4. The number of carbonyl (C=O) groups is 2. The van der Waals surface area contributed by atoms with E-state index in [0.29, 0.717) is 16.8 Å². The van der Waals surface area contributed by atoms with E-state index in [4.69, 9.17) is 0 Å². The van der Waals surface area contributed by atoms with Gasteiger partial charge in [0.2, 0.25) is 0 Å². The number of hydrogen-bond donors (Lipinski definition) is 1. The third-order valence-corrected chi connectivity index (χ3v) is 6.63. The van der Waals surface area contributed by atoms with Crippen molar-refractivity contribution in [1.82, 2.24) is 4.98 Å². The highest BCUT2D eigenvalue weighted by atomic mass is 79.9. The summed E-state index contributed by atoms with van der Waals surface area (Å²) in [6.45, 7) is 5.31. The number of carbonyl (C=O) groups excluding carboxylic acids is 1. The van der Waals surface area contributed by atoms with Crippen LogP contribution < -0.4 is 4.90 Å². The lowest BCUT2D eigenvalue weighted by Crippen LogP contribution is -2.40. The standard InChI is InChI=1S/C18H23BrN2O3/c1-11-13(16(22)17(23)24)15(14(19)12(2)20-11)21-9-7-18(8-10-21)5-3-4-6-18/h3-10H2,1-2H3,(H,23,24). The topological polar surface area (TPSA) is 70.5 Å². The number of anilines is 1. The average Bonchev–Trinajstić information content (AvgIpc) is 2.99. The van der Waals surface area contributed by atoms with E-state index in [1.807, 2.05) is 6.92 Å². The number of nitrogens with zero attached hydrogens (tertiary/aromatic N) is 2. The van der Waals surface area contributed by atoms with Crippen LogP contribution in [0.4, 0.5) is 5.69 Å². The summed E-state index contributed by atoms with van der Waals surface area (Å²) in [5.41, 5.74) is 2.67. The van der Waals surface area contributed by atoms with Gasteiger partial charge in [-0.1, -0.05) is 12.8 Å². The van der Waals surface area contributed by atoms with Gasteiger partial charge in [0.25, 0.3) is 5.78 Å². The van der Waals surface area contributed by atoms with Crippen LogP contribution in [0.1, 0.15) is 60.3 Å². The Labute approximate surface area is 150 Å². The molecule has 6 heteroatoms. The molecule has 5 nitrogen and oxygen atoms in total. The van der Waals surface area contributed by atoms with Gasteiger partial charge in [-0.15, -0.1) is 0 Å². The van der Waals surface area contributed by atoms with Crippen LogP contribution in [-0.2, 0) is 4.79 Å². The third kappa shape index (κ3) is 2.96. The van der Waals surface area contributed by atoms with Crippen molar-refractivity contribution >= 4 is 33.4 Å². The maximum Gasteiger partial charge on any atom is 0.377 e. The van der Waals surface area contributed by atoms with Crippen LogP contribution in [-0.4, -0.2) is 34.9 Å². The molecule has 0 amide bonds. The lowest BCUT2D eigenvalue weighted by atomic mass is 9.77. The zero-order chi connectivity index (χ0) is 17.5. The zero-order valence-electron chi connectivity index (χ0n) is 14.2. The Balaban J connectivity index is 1.98. The number of aliphatic carboxylic acids is 1. The molecule has 1 N–H and O–H groups in total. The van der Waals surface area contributed by atoms with E-state index in [1.54, 1.807) is 6.92 Å². The Bertz CT molecular complexity index is 686. The minimum Gasteiger partial charge on any atom is -0.475 e. The Morgan fingerprint density at radius 2 is 1.67 bits per heavy atom. The highest BCUT2D eigenvalue weighted by molar-refractivity contribution is 9.10. The molecule has 2 fully saturated rings. The SMILES string of the molecule is Cc1nc(C)c(C(=O)C(=O)O)c(N2CCC3(CCCC3)CC2)c1Br. The number of Topliss-reactive ketones (excluding diaryl/α,β-unsaturated/α-hetero) is 1. The normalized spacial score (nSPS) is 19.7. The molecule has 24 heavy (non-hydrogen) atoms. The van der Waals surface area contributed by atoms with Gasteiger partial charge in [-0.05, 0) is 60.9 Å². The lowest BCUT2D eigenvalue weighted by molar-refractivity contribution is -0.131. The molecule has 2 aliphatic rings. The van der Waals surface area contributed by atoms with E-state index >= 15 is 0 Å². The van der Waals surface area contributed by atoms with Gasteiger partial charge in [0.15, 0.2) is 0 Å². The number of aryl methyl sites for hydroxylation is 2. The Kier molecular flexibility index (Phi) is 4.69. The molecule has 1 aromatic rings. The first-order valence-corrected chi connectivity index (χ1v) is 9.33. The number of pyridine rings is 1. The van der Waals surface area contributed by atoms with Crippen molar-refractivity contribution < 1.29 is 14.7 Å². The second-order valence-corrected chi connectivity index (χ2v) is 7.94. The highest BCUT2D eigenvalue weighted by Gasteiger charge is 2.38. The largest absolute Gasteiger partial charge is 0.475 e. The quantitative estimate of drug-likeness (QED) is 0.621. The smallest absolute Gasteiger partial charge is 0.377 e. The Hall–Kier alpha value is -1.43. The molecule has 1 saturated carbocycles. The Morgan fingerprint density at radius 3 is 2.21 bits per heavy atom. The van der Waals surface area contributed by atoms with E-state index in [0.717, 1.165) is 36.1 Å². The fraction of sp³-hybridized carbons (Fsp3) is 0.611. The number of carboxylic acids is 1. The number of hydrogen-bond acceptors (Lipinski definition) is 4. The predicted molar refractivity (Wildman–Crippen MR) is 95.7 cm³/mol. The molecule has 3 rings (SSSR count). The summed E-state index contributed by atoms with van der Waals surface area (Å²) in [7, 11) is 0. The summed E-state index contributed by atoms with van der Waals surface area (Å²) >= 11 is 3.54. The van der Waals surface area contributed by atoms with Crippen molar-refractivity contribution in [3.63, 3.8) is 0 Å². The average molecular weight is 395 g/mol. The fourth-order valence-electron chi connectivity index (χ4n) is 4.31. The zero-order valence-corrected chi connectivity index (χ0v) is 15.8. The van der Waals surface area contributed by atoms with Crippen LogP contribution >= 0.6 is 15.9 Å². The molecule has 0 aromatic carbocycles. The molecule has 1 aliphatic carbocycles. The lowest BCUT2D eigenvalue weighted by Gasteiger charge is -2.41. The second kappa shape index (κ2) is 6.47. The van der Waals surface area contributed by atoms with Gasteiger partial charge in [-0.2, -0.15) is 0 Å². The fourth-order valence-corrected chi connectivity index (χ4v) is 4.85. The van der Waals surface area contributed by atoms with Gasteiger partial charge in [0, 0.05) is 13.1 Å². The van der Waals surface area contributed by atoms with Gasteiger partial charge < -0.3 is 10.0 Å². The number of rotatable bonds is 3. The van der Waals surface area contributed by atoms with Gasteiger partial charge in [-0.25, -0.2) is 4.79 Å². The predicted octanol–water partition coefficient (Wildman–Crippen LogP) is 3.89. The van der Waals surface area contributed by atoms with Crippen molar-refractivity contribution in [2.24, 2.45) is 5.41 Å². The molecule has 1 spiro atoms. The van der Waals surface area contributed by atoms with Crippen molar-refractivity contribution in [1.29, 1.82) is 0 Å². The molecular weight excluding hydrogens is 372 g/mol. The molecule has 0 atom stereocenters. The van der Waals surface area contributed by atoms with E-state index < -0.39 is 11.8 Å². The molecule has 0 bridgehead atoms. The van der Waals surface area contributed by atoms with Crippen molar-refractivity contribution in [2.45, 2.75) is 52.4 Å². The van der Waals surface area contributed by atoms with Crippen LogP contribution in [0.25, 0.3) is 0 Å². The maximum absolute atomic E-state index is 12.3. The van der Waals surface area contributed by atoms with Gasteiger partial charge >= 0.3 is 5.97 Å². The van der Waals surface area contributed by atoms with E-state index in [9.17, 15) is 14.7 Å². The molecule has 1 saturated heterocycles. The summed E-state index contributed by atoms with van der Waals surface area (Å²) < 4.78 is 0.736. The number of carboxylic acid groups (broad SMARTS) is 1. The molecular formula is C18H23BrN2O3. The monoisotopic (exact) mass is 394 g/mol. The molecule has 0 unspecified atom stereocenters. The molecule has 1 aromatic heterocycles. The van der Waals surface area contributed by atoms with Crippen LogP contribution in [0.2, 0.25) is 0 Å². The molecule has 2 heterocycles. The van der Waals surface area contributed by atoms with E-state index in [2.05, 4.69) is 25.8 Å². The summed E-state index contributed by atoms with van der Waals surface area (Å²) in [6, 6.07) is 0. The molecule has 130 valence electrons. The molecule has 1 aliphatic heterocycles. The summed E-state index contributed by atoms with van der Waals surface area (Å²) in [5.74, 6) is -2.31. The minimum atomic E-state index is -1.43. The summed E-state index contributed by atoms with van der Waals surface area (Å²) in [4.78, 5) is 30.0. The first-order valence-electron chi connectivity index (χ1n) is 8.54. The minimum absolute atomic E-state index is 0.224. The number of aromatic nitrogens is 1. The van der Waals surface area contributed by atoms with Crippen LogP contribution in [0.15, 0.2) is 4.47 Å². The Morgan fingerprint density at radius 1 is 1.08 bits per heavy atom. The maximum atomic E-state index is 12.3. The summed E-state index contributed by atoms with van der Waals surface area (Å²) in [6.07, 6.45) is 7.47. The number of halogens is 1. The van der Waals surface area contributed by atoms with Gasteiger partial charge in [0.05, 0.1) is 27.1 Å². The van der Waals surface area contributed by atoms with Gasteiger partial charge in [0.1, 0.15) is 0 Å². The summed E-state index contributed by atoms with van der Waals surface area (Å²) in [5, 5.41) is 9.20. The van der Waals surface area contributed by atoms with Crippen LogP contribution in [0.5, 0.6) is 0 Å². The number of piperidine rings is 1. The van der Waals surface area contributed by atoms with Crippen molar-refractivity contribution in [3.05, 3.63) is 21.4 Å². The van der Waals surface area contributed by atoms with Crippen LogP contribution in [0.3, 0.4) is 0 Å². The van der Waals surface area contributed by atoms with E-state index in [1.165, 1.54) is 25.7 Å². The van der Waals surface area contributed by atoms with Crippen molar-refractivity contribution in [2.75, 3.05) is 18.0 Å². The first-order chi connectivity index (χ1) is 11.3. The van der Waals surface area contributed by atoms with Crippen LogP contribution in [0, 0.1) is 19.3 Å². The van der Waals surface area contributed by atoms with Crippen molar-refractivity contribution in [3.8, 4) is 0 Å². The molecule has 0 radical (unpaired) electrons. The number of ketones is 1. The van der Waals surface area contributed by atoms with Gasteiger partial charge in [-0.3, -0.25) is 9.78 Å². The highest BCUT2D eigenvalue weighted by Crippen LogP contribution is 2.47.